The van der Waals surface area contributed by atoms with Crippen LogP contribution in [0.25, 0.3) is 6.08 Å². The van der Waals surface area contributed by atoms with Gasteiger partial charge >= 0.3 is 0 Å². The van der Waals surface area contributed by atoms with Gasteiger partial charge in [0.15, 0.2) is 0 Å². The number of benzene rings is 2. The quantitative estimate of drug-likeness (QED) is 0.931. The summed E-state index contributed by atoms with van der Waals surface area (Å²) in [5.41, 5.74) is 3.37. The molecule has 0 saturated heterocycles. The van der Waals surface area contributed by atoms with E-state index in [1.54, 1.807) is 36.4 Å². The second-order valence-electron chi connectivity index (χ2n) is 4.71. The van der Waals surface area contributed by atoms with Gasteiger partial charge in [0.05, 0.1) is 10.6 Å². The zero-order valence-corrected chi connectivity index (χ0v) is 12.4. The fourth-order valence-corrected chi connectivity index (χ4v) is 2.95. The first-order chi connectivity index (χ1) is 9.42. The Balaban J connectivity index is 2.38. The predicted molar refractivity (Wildman–Crippen MR) is 83.3 cm³/mol. The van der Waals surface area contributed by atoms with Gasteiger partial charge in [-0.15, -0.1) is 0 Å². The van der Waals surface area contributed by atoms with E-state index in [1.807, 2.05) is 26.0 Å². The molecule has 0 bridgehead atoms. The summed E-state index contributed by atoms with van der Waals surface area (Å²) in [6.45, 7) is 7.58. The van der Waals surface area contributed by atoms with Crippen LogP contribution in [0.3, 0.4) is 0 Å². The number of aryl methyl sites for hydroxylation is 2. The predicted octanol–water partition coefficient (Wildman–Crippen LogP) is 3.75. The van der Waals surface area contributed by atoms with Gasteiger partial charge in [-0.3, -0.25) is 4.72 Å². The summed E-state index contributed by atoms with van der Waals surface area (Å²) in [5.74, 6) is 0. The minimum Gasteiger partial charge on any atom is -0.279 e. The largest absolute Gasteiger partial charge is 0.279 e. The highest BCUT2D eigenvalue weighted by atomic mass is 32.2. The summed E-state index contributed by atoms with van der Waals surface area (Å²) < 4.78 is 27.2. The lowest BCUT2D eigenvalue weighted by Gasteiger charge is -2.11. The number of nitrogens with one attached hydrogen (secondary N) is 1. The van der Waals surface area contributed by atoms with Gasteiger partial charge in [-0.25, -0.2) is 8.42 Å². The van der Waals surface area contributed by atoms with Crippen molar-refractivity contribution in [3.63, 3.8) is 0 Å². The van der Waals surface area contributed by atoms with Crippen molar-refractivity contribution in [2.24, 2.45) is 0 Å². The lowest BCUT2D eigenvalue weighted by molar-refractivity contribution is 0.601. The average molecular weight is 287 g/mol. The van der Waals surface area contributed by atoms with E-state index in [2.05, 4.69) is 11.3 Å². The van der Waals surface area contributed by atoms with Crippen molar-refractivity contribution in [3.8, 4) is 0 Å². The number of sulfonamides is 1. The first-order valence-corrected chi connectivity index (χ1v) is 7.73. The van der Waals surface area contributed by atoms with Crippen LogP contribution in [0.1, 0.15) is 16.7 Å². The smallest absolute Gasteiger partial charge is 0.261 e. The van der Waals surface area contributed by atoms with Crippen LogP contribution in [0.4, 0.5) is 5.69 Å². The normalized spacial score (nSPS) is 11.1. The Morgan fingerprint density at radius 3 is 2.20 bits per heavy atom. The fourth-order valence-electron chi connectivity index (χ4n) is 1.87. The minimum absolute atomic E-state index is 0.249. The molecule has 0 fully saturated rings. The number of anilines is 1. The van der Waals surface area contributed by atoms with Gasteiger partial charge in [0.2, 0.25) is 0 Å². The van der Waals surface area contributed by atoms with Crippen LogP contribution in [-0.2, 0) is 10.0 Å². The third-order valence-corrected chi connectivity index (χ3v) is 4.38. The molecule has 2 aromatic rings. The maximum absolute atomic E-state index is 12.3. The molecule has 0 aliphatic carbocycles. The van der Waals surface area contributed by atoms with Crippen LogP contribution < -0.4 is 4.72 Å². The minimum atomic E-state index is -3.57. The summed E-state index contributed by atoms with van der Waals surface area (Å²) >= 11 is 0. The molecule has 0 heterocycles. The average Bonchev–Trinajstić information content (AvgIpc) is 2.41. The molecular formula is C16H17NO2S. The standard InChI is InChI=1S/C16H17NO2S/c1-4-14-11-13(3)7-10-16(14)17-20(18,19)15-8-5-12(2)6-9-15/h4-11,17H,1H2,2-3H3. The van der Waals surface area contributed by atoms with Crippen LogP contribution >= 0.6 is 0 Å². The van der Waals surface area contributed by atoms with Gasteiger partial charge in [0, 0.05) is 0 Å². The van der Waals surface area contributed by atoms with Crippen molar-refractivity contribution in [1.82, 2.24) is 0 Å². The molecule has 0 aromatic heterocycles. The number of hydrogen-bond donors (Lipinski definition) is 1. The van der Waals surface area contributed by atoms with Gasteiger partial charge in [-0.2, -0.15) is 0 Å². The molecule has 0 amide bonds. The van der Waals surface area contributed by atoms with Crippen LogP contribution in [0.2, 0.25) is 0 Å². The summed E-state index contributed by atoms with van der Waals surface area (Å²) in [4.78, 5) is 0.249. The zero-order chi connectivity index (χ0) is 14.8. The molecule has 0 unspecified atom stereocenters. The maximum atomic E-state index is 12.3. The maximum Gasteiger partial charge on any atom is 0.261 e. The van der Waals surface area contributed by atoms with Crippen molar-refractivity contribution in [1.29, 1.82) is 0 Å². The second-order valence-corrected chi connectivity index (χ2v) is 6.40. The zero-order valence-electron chi connectivity index (χ0n) is 11.6. The molecule has 0 aliphatic heterocycles. The Morgan fingerprint density at radius 1 is 1.00 bits per heavy atom. The van der Waals surface area contributed by atoms with Crippen molar-refractivity contribution in [3.05, 3.63) is 65.7 Å². The lowest BCUT2D eigenvalue weighted by atomic mass is 10.1. The first-order valence-electron chi connectivity index (χ1n) is 6.25. The van der Waals surface area contributed by atoms with Crippen LogP contribution in [0, 0.1) is 13.8 Å². The number of rotatable bonds is 4. The summed E-state index contributed by atoms with van der Waals surface area (Å²) in [7, 11) is -3.57. The number of hydrogen-bond acceptors (Lipinski definition) is 2. The van der Waals surface area contributed by atoms with Crippen LogP contribution in [0.5, 0.6) is 0 Å². The van der Waals surface area contributed by atoms with Gasteiger partial charge < -0.3 is 0 Å². The van der Waals surface area contributed by atoms with Crippen molar-refractivity contribution in [2.45, 2.75) is 18.7 Å². The highest BCUT2D eigenvalue weighted by molar-refractivity contribution is 7.92. The van der Waals surface area contributed by atoms with E-state index in [0.29, 0.717) is 5.69 Å². The molecule has 0 saturated carbocycles. The van der Waals surface area contributed by atoms with E-state index < -0.39 is 10.0 Å². The van der Waals surface area contributed by atoms with Crippen LogP contribution in [-0.4, -0.2) is 8.42 Å². The Labute approximate surface area is 120 Å². The molecule has 2 rings (SSSR count). The Morgan fingerprint density at radius 2 is 1.60 bits per heavy atom. The monoisotopic (exact) mass is 287 g/mol. The molecule has 1 N–H and O–H groups in total. The fraction of sp³-hybridized carbons (Fsp3) is 0.125. The van der Waals surface area contributed by atoms with Gasteiger partial charge in [0.25, 0.3) is 10.0 Å². The SMILES string of the molecule is C=Cc1cc(C)ccc1NS(=O)(=O)c1ccc(C)cc1. The topological polar surface area (TPSA) is 46.2 Å². The Hall–Kier alpha value is -2.07. The van der Waals surface area contributed by atoms with Crippen molar-refractivity contribution in [2.75, 3.05) is 4.72 Å². The highest BCUT2D eigenvalue weighted by Gasteiger charge is 2.15. The summed E-state index contributed by atoms with van der Waals surface area (Å²) in [6, 6.07) is 12.2. The molecule has 104 valence electrons. The molecule has 0 aliphatic rings. The van der Waals surface area contributed by atoms with Gasteiger partial charge in [-0.05, 0) is 43.7 Å². The molecule has 2 aromatic carbocycles. The molecule has 3 nitrogen and oxygen atoms in total. The third-order valence-electron chi connectivity index (χ3n) is 3.00. The molecule has 4 heteroatoms. The Bertz CT molecular complexity index is 732. The summed E-state index contributed by atoms with van der Waals surface area (Å²) in [5, 5.41) is 0. The van der Waals surface area contributed by atoms with E-state index in [0.717, 1.165) is 16.7 Å². The lowest BCUT2D eigenvalue weighted by Crippen LogP contribution is -2.13. The second kappa shape index (κ2) is 5.51. The first kappa shape index (κ1) is 14.3. The van der Waals surface area contributed by atoms with Gasteiger partial charge in [0.1, 0.15) is 0 Å². The summed E-state index contributed by atoms with van der Waals surface area (Å²) in [6.07, 6.45) is 1.64. The van der Waals surface area contributed by atoms with Crippen molar-refractivity contribution >= 4 is 21.8 Å². The van der Waals surface area contributed by atoms with Gasteiger partial charge in [-0.1, -0.05) is 42.0 Å². The van der Waals surface area contributed by atoms with Crippen molar-refractivity contribution < 1.29 is 8.42 Å². The van der Waals surface area contributed by atoms with Crippen LogP contribution in [0.15, 0.2) is 53.9 Å². The van der Waals surface area contributed by atoms with E-state index in [1.165, 1.54) is 0 Å². The van der Waals surface area contributed by atoms with E-state index in [9.17, 15) is 8.42 Å². The van der Waals surface area contributed by atoms with E-state index in [4.69, 9.17) is 0 Å². The third kappa shape index (κ3) is 3.08. The molecule has 0 radical (unpaired) electrons. The molecule has 0 atom stereocenters. The highest BCUT2D eigenvalue weighted by Crippen LogP contribution is 2.22. The molecule has 20 heavy (non-hydrogen) atoms. The van der Waals surface area contributed by atoms with E-state index in [-0.39, 0.29) is 4.90 Å². The molecular weight excluding hydrogens is 270 g/mol. The molecule has 0 spiro atoms. The van der Waals surface area contributed by atoms with E-state index >= 15 is 0 Å². The Kier molecular flexibility index (Phi) is 3.95.